The molecule has 19 heavy (non-hydrogen) atoms. The zero-order valence-electron chi connectivity index (χ0n) is 10.8. The Morgan fingerprint density at radius 1 is 1.16 bits per heavy atom. The average molecular weight is 384 g/mol. The van der Waals surface area contributed by atoms with E-state index in [4.69, 9.17) is 0 Å². The third kappa shape index (κ3) is 3.80. The number of anilines is 1. The molecule has 0 radical (unpaired) electrons. The Bertz CT molecular complexity index is 529. The van der Waals surface area contributed by atoms with E-state index < -0.39 is 0 Å². The van der Waals surface area contributed by atoms with Crippen molar-refractivity contribution < 1.29 is 0 Å². The van der Waals surface area contributed by atoms with E-state index in [1.165, 1.54) is 16.8 Å². The molecule has 0 atom stereocenters. The lowest BCUT2D eigenvalue weighted by atomic mass is 10.1. The molecule has 0 saturated carbocycles. The van der Waals surface area contributed by atoms with Crippen LogP contribution < -0.4 is 4.90 Å². The minimum atomic E-state index is 0.856. The van der Waals surface area contributed by atoms with Gasteiger partial charge in [-0.05, 0) is 48.4 Å². The normalized spacial score (nSPS) is 10.5. The van der Waals surface area contributed by atoms with Gasteiger partial charge in [0, 0.05) is 41.0 Å². The summed E-state index contributed by atoms with van der Waals surface area (Å²) in [4.78, 5) is 6.44. The molecule has 0 unspecified atom stereocenters. The lowest BCUT2D eigenvalue weighted by molar-refractivity contribution is 0.826. The number of aromatic nitrogens is 1. The van der Waals surface area contributed by atoms with Crippen molar-refractivity contribution in [1.29, 1.82) is 0 Å². The van der Waals surface area contributed by atoms with Gasteiger partial charge in [-0.1, -0.05) is 31.9 Å². The molecule has 2 rings (SSSR count). The number of nitrogens with zero attached hydrogens (tertiary/aromatic N) is 2. The van der Waals surface area contributed by atoms with Crippen LogP contribution in [0.4, 0.5) is 5.69 Å². The van der Waals surface area contributed by atoms with E-state index in [1.807, 2.05) is 12.4 Å². The molecule has 1 aromatic heterocycles. The first-order valence-electron chi connectivity index (χ1n) is 6.22. The molecule has 0 aliphatic heterocycles. The van der Waals surface area contributed by atoms with Crippen molar-refractivity contribution in [3.63, 3.8) is 0 Å². The van der Waals surface area contributed by atoms with Crippen molar-refractivity contribution >= 4 is 37.5 Å². The number of hydrogen-bond donors (Lipinski definition) is 0. The fourth-order valence-electron chi connectivity index (χ4n) is 2.05. The highest BCUT2D eigenvalue weighted by atomic mass is 79.9. The Balaban J connectivity index is 2.27. The van der Waals surface area contributed by atoms with Gasteiger partial charge in [-0.25, -0.2) is 0 Å². The molecule has 0 fully saturated rings. The summed E-state index contributed by atoms with van der Waals surface area (Å²) in [5, 5.41) is 0.856. The quantitative estimate of drug-likeness (QED) is 0.691. The fraction of sp³-hybridized carbons (Fsp3) is 0.267. The predicted molar refractivity (Wildman–Crippen MR) is 87.7 cm³/mol. The van der Waals surface area contributed by atoms with Crippen LogP contribution >= 0.6 is 31.9 Å². The number of pyridine rings is 1. The van der Waals surface area contributed by atoms with E-state index in [-0.39, 0.29) is 0 Å². The first-order chi connectivity index (χ1) is 9.24. The average Bonchev–Trinajstić information content (AvgIpc) is 2.46. The first kappa shape index (κ1) is 14.5. The highest BCUT2D eigenvalue weighted by molar-refractivity contribution is 9.10. The van der Waals surface area contributed by atoms with Gasteiger partial charge >= 0.3 is 0 Å². The lowest BCUT2D eigenvalue weighted by Gasteiger charge is -2.25. The van der Waals surface area contributed by atoms with Crippen molar-refractivity contribution in [3.8, 4) is 0 Å². The second kappa shape index (κ2) is 7.06. The summed E-state index contributed by atoms with van der Waals surface area (Å²) in [5.41, 5.74) is 3.85. The van der Waals surface area contributed by atoms with E-state index >= 15 is 0 Å². The van der Waals surface area contributed by atoms with Crippen LogP contribution in [0.3, 0.4) is 0 Å². The molecular weight excluding hydrogens is 368 g/mol. The van der Waals surface area contributed by atoms with Gasteiger partial charge in [0.2, 0.25) is 0 Å². The van der Waals surface area contributed by atoms with Crippen LogP contribution in [0.5, 0.6) is 0 Å². The molecule has 0 amide bonds. The van der Waals surface area contributed by atoms with E-state index in [0.29, 0.717) is 0 Å². The first-order valence-corrected chi connectivity index (χ1v) is 8.14. The molecule has 0 bridgehead atoms. The molecule has 2 aromatic rings. The molecule has 0 aliphatic rings. The number of alkyl halides is 1. The number of halogens is 2. The Labute approximate surface area is 131 Å². The van der Waals surface area contributed by atoms with Crippen LogP contribution in [-0.4, -0.2) is 11.5 Å². The van der Waals surface area contributed by atoms with E-state index in [9.17, 15) is 0 Å². The predicted octanol–water partition coefficient (Wildman–Crippen LogP) is 4.77. The second-order valence-corrected chi connectivity index (χ2v) is 5.75. The summed E-state index contributed by atoms with van der Waals surface area (Å²) in [6.07, 6.45) is 3.69. The third-order valence-electron chi connectivity index (χ3n) is 3.03. The lowest BCUT2D eigenvalue weighted by Crippen LogP contribution is -2.23. The van der Waals surface area contributed by atoms with Crippen LogP contribution in [0.2, 0.25) is 0 Å². The Kier molecular flexibility index (Phi) is 5.40. The maximum Gasteiger partial charge on any atom is 0.0430 e. The van der Waals surface area contributed by atoms with Crippen molar-refractivity contribution in [1.82, 2.24) is 4.98 Å². The minimum Gasteiger partial charge on any atom is -0.367 e. The molecule has 100 valence electrons. The Morgan fingerprint density at radius 3 is 2.53 bits per heavy atom. The minimum absolute atomic E-state index is 0.856. The Morgan fingerprint density at radius 2 is 1.89 bits per heavy atom. The zero-order valence-corrected chi connectivity index (χ0v) is 14.0. The SMILES string of the molecule is CCN(Cc1ccncc1)c1ccc(Br)cc1CBr. The van der Waals surface area contributed by atoms with E-state index in [0.717, 1.165) is 22.9 Å². The topological polar surface area (TPSA) is 16.1 Å². The number of hydrogen-bond acceptors (Lipinski definition) is 2. The second-order valence-electron chi connectivity index (χ2n) is 4.28. The van der Waals surface area contributed by atoms with Crippen LogP contribution in [0.1, 0.15) is 18.1 Å². The summed E-state index contributed by atoms with van der Waals surface area (Å²) in [6, 6.07) is 10.6. The van der Waals surface area contributed by atoms with E-state index in [1.54, 1.807) is 0 Å². The maximum absolute atomic E-state index is 4.06. The van der Waals surface area contributed by atoms with Crippen molar-refractivity contribution in [2.75, 3.05) is 11.4 Å². The standard InChI is InChI=1S/C15H16Br2N2/c1-2-19(11-12-5-7-18-8-6-12)15-4-3-14(17)9-13(15)10-16/h3-9H,2,10-11H2,1H3. The molecule has 0 N–H and O–H groups in total. The Hall–Kier alpha value is -0.870. The smallest absolute Gasteiger partial charge is 0.0430 e. The van der Waals surface area contributed by atoms with Gasteiger partial charge < -0.3 is 4.90 Å². The van der Waals surface area contributed by atoms with Crippen molar-refractivity contribution in [2.24, 2.45) is 0 Å². The molecule has 0 saturated heterocycles. The monoisotopic (exact) mass is 382 g/mol. The molecule has 0 spiro atoms. The third-order valence-corrected chi connectivity index (χ3v) is 4.13. The van der Waals surface area contributed by atoms with Crippen LogP contribution in [0, 0.1) is 0 Å². The van der Waals surface area contributed by atoms with Crippen LogP contribution in [0.25, 0.3) is 0 Å². The molecule has 4 heteroatoms. The van der Waals surface area contributed by atoms with Crippen molar-refractivity contribution in [2.45, 2.75) is 18.8 Å². The molecule has 0 aliphatic carbocycles. The summed E-state index contributed by atoms with van der Waals surface area (Å²) in [7, 11) is 0. The van der Waals surface area contributed by atoms with E-state index in [2.05, 4.69) is 79.0 Å². The van der Waals surface area contributed by atoms with Gasteiger partial charge in [-0.2, -0.15) is 0 Å². The number of rotatable bonds is 5. The largest absolute Gasteiger partial charge is 0.367 e. The summed E-state index contributed by atoms with van der Waals surface area (Å²) >= 11 is 7.10. The molecule has 1 heterocycles. The van der Waals surface area contributed by atoms with Gasteiger partial charge in [0.15, 0.2) is 0 Å². The summed E-state index contributed by atoms with van der Waals surface area (Å²) in [6.45, 7) is 4.06. The molecular formula is C15H16Br2N2. The van der Waals surface area contributed by atoms with Crippen LogP contribution in [-0.2, 0) is 11.9 Å². The zero-order chi connectivity index (χ0) is 13.7. The van der Waals surface area contributed by atoms with Gasteiger partial charge in [-0.15, -0.1) is 0 Å². The fourth-order valence-corrected chi connectivity index (χ4v) is 2.90. The molecule has 2 nitrogen and oxygen atoms in total. The van der Waals surface area contributed by atoms with Gasteiger partial charge in [0.25, 0.3) is 0 Å². The molecule has 1 aromatic carbocycles. The highest BCUT2D eigenvalue weighted by Crippen LogP contribution is 2.27. The summed E-state index contributed by atoms with van der Waals surface area (Å²) in [5.74, 6) is 0. The van der Waals surface area contributed by atoms with Gasteiger partial charge in [-0.3, -0.25) is 4.98 Å². The maximum atomic E-state index is 4.06. The van der Waals surface area contributed by atoms with Gasteiger partial charge in [0.05, 0.1) is 0 Å². The number of benzene rings is 1. The van der Waals surface area contributed by atoms with Crippen LogP contribution in [0.15, 0.2) is 47.2 Å². The summed E-state index contributed by atoms with van der Waals surface area (Å²) < 4.78 is 1.12. The van der Waals surface area contributed by atoms with Gasteiger partial charge in [0.1, 0.15) is 0 Å². The highest BCUT2D eigenvalue weighted by Gasteiger charge is 2.10. The van der Waals surface area contributed by atoms with Crippen molar-refractivity contribution in [3.05, 3.63) is 58.3 Å².